The van der Waals surface area contributed by atoms with Crippen LogP contribution in [-0.2, 0) is 4.79 Å². The molecule has 0 aromatic heterocycles. The Hall–Kier alpha value is -1.15. The number of ketones is 1. The van der Waals surface area contributed by atoms with Crippen molar-refractivity contribution in [2.75, 3.05) is 0 Å². The molecule has 2 rings (SSSR count). The third-order valence-electron chi connectivity index (χ3n) is 3.52. The van der Waals surface area contributed by atoms with E-state index in [-0.39, 0.29) is 5.78 Å². The van der Waals surface area contributed by atoms with Gasteiger partial charge in [0.15, 0.2) is 0 Å². The third kappa shape index (κ3) is 1.95. The zero-order valence-electron chi connectivity index (χ0n) is 9.07. The molecule has 2 atom stereocenters. The lowest BCUT2D eigenvalue weighted by molar-refractivity contribution is -0.121. The van der Waals surface area contributed by atoms with Crippen molar-refractivity contribution >= 4 is 5.78 Å². The van der Waals surface area contributed by atoms with Crippen LogP contribution in [0.4, 0.5) is 0 Å². The molecule has 1 aliphatic rings. The van der Waals surface area contributed by atoms with Crippen molar-refractivity contribution < 1.29 is 4.79 Å². The van der Waals surface area contributed by atoms with Crippen LogP contribution in [0, 0.1) is 0 Å². The zero-order chi connectivity index (χ0) is 10.9. The summed E-state index contributed by atoms with van der Waals surface area (Å²) in [5.41, 5.74) is 6.82. The van der Waals surface area contributed by atoms with Crippen LogP contribution < -0.4 is 5.73 Å². The summed E-state index contributed by atoms with van der Waals surface area (Å²) in [7, 11) is 0. The summed E-state index contributed by atoms with van der Waals surface area (Å²) in [5.74, 6) is 0.584. The van der Waals surface area contributed by atoms with Gasteiger partial charge in [0, 0.05) is 0 Å². The monoisotopic (exact) mass is 203 g/mol. The molecule has 15 heavy (non-hydrogen) atoms. The van der Waals surface area contributed by atoms with Crippen molar-refractivity contribution in [1.29, 1.82) is 0 Å². The first kappa shape index (κ1) is 10.4. The summed E-state index contributed by atoms with van der Waals surface area (Å²) in [6.07, 6.45) is 2.65. The second-order valence-electron chi connectivity index (χ2n) is 4.56. The molecule has 1 aliphatic carbocycles. The second-order valence-corrected chi connectivity index (χ2v) is 4.56. The van der Waals surface area contributed by atoms with Gasteiger partial charge in [-0.15, -0.1) is 0 Å². The molecular weight excluding hydrogens is 186 g/mol. The number of carbonyl (C=O) groups is 1. The van der Waals surface area contributed by atoms with E-state index in [1.54, 1.807) is 6.92 Å². The molecule has 80 valence electrons. The number of benzene rings is 1. The van der Waals surface area contributed by atoms with E-state index in [9.17, 15) is 4.79 Å². The van der Waals surface area contributed by atoms with E-state index in [0.717, 1.165) is 19.3 Å². The van der Waals surface area contributed by atoms with Gasteiger partial charge in [0.1, 0.15) is 5.78 Å². The zero-order valence-corrected chi connectivity index (χ0v) is 9.07. The largest absolute Gasteiger partial charge is 0.319 e. The van der Waals surface area contributed by atoms with Crippen molar-refractivity contribution in [3.05, 3.63) is 35.9 Å². The first-order valence-electron chi connectivity index (χ1n) is 5.47. The number of carbonyl (C=O) groups excluding carboxylic acids is 1. The molecule has 0 amide bonds. The summed E-state index contributed by atoms with van der Waals surface area (Å²) in [5, 5.41) is 0. The van der Waals surface area contributed by atoms with Gasteiger partial charge in [0.25, 0.3) is 0 Å². The highest BCUT2D eigenvalue weighted by molar-refractivity contribution is 5.86. The average Bonchev–Trinajstić information content (AvgIpc) is 2.64. The molecule has 2 nitrogen and oxygen atoms in total. The molecule has 0 aliphatic heterocycles. The van der Waals surface area contributed by atoms with Gasteiger partial charge in [0.2, 0.25) is 0 Å². The van der Waals surface area contributed by atoms with E-state index in [0.29, 0.717) is 5.92 Å². The summed E-state index contributed by atoms with van der Waals surface area (Å²) in [4.78, 5) is 11.4. The van der Waals surface area contributed by atoms with Gasteiger partial charge in [-0.3, -0.25) is 4.79 Å². The number of Topliss-reactive ketones (excluding diaryl/α,β-unsaturated/α-hetero) is 1. The highest BCUT2D eigenvalue weighted by atomic mass is 16.1. The highest BCUT2D eigenvalue weighted by Crippen LogP contribution is 2.39. The second kappa shape index (κ2) is 3.78. The van der Waals surface area contributed by atoms with Crippen molar-refractivity contribution in [3.8, 4) is 0 Å². The maximum Gasteiger partial charge on any atom is 0.149 e. The molecule has 2 heteroatoms. The minimum atomic E-state index is -0.569. The van der Waals surface area contributed by atoms with Crippen LogP contribution in [0.25, 0.3) is 0 Å². The van der Waals surface area contributed by atoms with E-state index in [1.165, 1.54) is 5.56 Å². The van der Waals surface area contributed by atoms with Gasteiger partial charge in [0.05, 0.1) is 5.54 Å². The molecule has 0 radical (unpaired) electrons. The quantitative estimate of drug-likeness (QED) is 0.801. The Kier molecular flexibility index (Phi) is 2.61. The fourth-order valence-corrected chi connectivity index (χ4v) is 2.41. The minimum Gasteiger partial charge on any atom is -0.319 e. The molecule has 1 aromatic carbocycles. The fraction of sp³-hybridized carbons (Fsp3) is 0.462. The van der Waals surface area contributed by atoms with Gasteiger partial charge >= 0.3 is 0 Å². The molecule has 0 spiro atoms. The van der Waals surface area contributed by atoms with Gasteiger partial charge in [-0.25, -0.2) is 0 Å². The van der Waals surface area contributed by atoms with Crippen molar-refractivity contribution in [3.63, 3.8) is 0 Å². The number of hydrogen-bond acceptors (Lipinski definition) is 2. The smallest absolute Gasteiger partial charge is 0.149 e. The first-order chi connectivity index (χ1) is 7.12. The number of hydrogen-bond donors (Lipinski definition) is 1. The van der Waals surface area contributed by atoms with Crippen molar-refractivity contribution in [2.45, 2.75) is 37.6 Å². The Labute approximate surface area is 90.5 Å². The summed E-state index contributed by atoms with van der Waals surface area (Å²) in [6.45, 7) is 1.60. The molecule has 2 N–H and O–H groups in total. The molecular formula is C13H17NO. The van der Waals surface area contributed by atoms with Crippen molar-refractivity contribution in [1.82, 2.24) is 0 Å². The van der Waals surface area contributed by atoms with E-state index in [1.807, 2.05) is 18.2 Å². The van der Waals surface area contributed by atoms with Crippen LogP contribution in [0.2, 0.25) is 0 Å². The van der Waals surface area contributed by atoms with Gasteiger partial charge in [-0.2, -0.15) is 0 Å². The van der Waals surface area contributed by atoms with Crippen LogP contribution >= 0.6 is 0 Å². The Balaban J connectivity index is 2.14. The summed E-state index contributed by atoms with van der Waals surface area (Å²) < 4.78 is 0. The summed E-state index contributed by atoms with van der Waals surface area (Å²) >= 11 is 0. The Morgan fingerprint density at radius 1 is 1.40 bits per heavy atom. The fourth-order valence-electron chi connectivity index (χ4n) is 2.41. The maximum atomic E-state index is 11.4. The maximum absolute atomic E-state index is 11.4. The third-order valence-corrected chi connectivity index (χ3v) is 3.52. The highest BCUT2D eigenvalue weighted by Gasteiger charge is 2.39. The molecule has 0 heterocycles. The lowest BCUT2D eigenvalue weighted by Gasteiger charge is -2.20. The van der Waals surface area contributed by atoms with Gasteiger partial charge in [-0.05, 0) is 37.7 Å². The van der Waals surface area contributed by atoms with Crippen LogP contribution in [-0.4, -0.2) is 11.3 Å². The topological polar surface area (TPSA) is 43.1 Å². The summed E-state index contributed by atoms with van der Waals surface area (Å²) in [6, 6.07) is 10.3. The predicted octanol–water partition coefficient (Wildman–Crippen LogP) is 2.24. The van der Waals surface area contributed by atoms with Gasteiger partial charge < -0.3 is 5.73 Å². The van der Waals surface area contributed by atoms with Crippen LogP contribution in [0.5, 0.6) is 0 Å². The molecule has 2 unspecified atom stereocenters. The Morgan fingerprint density at radius 3 is 2.60 bits per heavy atom. The van der Waals surface area contributed by atoms with Crippen LogP contribution in [0.3, 0.4) is 0 Å². The lowest BCUT2D eigenvalue weighted by atomic mass is 9.90. The standard InChI is InChI=1S/C13H17NO/c1-10(15)13(14)8-7-12(9-13)11-5-3-2-4-6-11/h2-6,12H,7-9,14H2,1H3. The van der Waals surface area contributed by atoms with Crippen LogP contribution in [0.1, 0.15) is 37.7 Å². The number of rotatable bonds is 2. The van der Waals surface area contributed by atoms with E-state index < -0.39 is 5.54 Å². The minimum absolute atomic E-state index is 0.126. The molecule has 1 saturated carbocycles. The molecule has 0 saturated heterocycles. The Morgan fingerprint density at radius 2 is 2.07 bits per heavy atom. The molecule has 1 fully saturated rings. The average molecular weight is 203 g/mol. The first-order valence-corrected chi connectivity index (χ1v) is 5.47. The number of nitrogens with two attached hydrogens (primary N) is 1. The molecule has 1 aromatic rings. The SMILES string of the molecule is CC(=O)C1(N)CCC(c2ccccc2)C1. The lowest BCUT2D eigenvalue weighted by Crippen LogP contribution is -2.43. The van der Waals surface area contributed by atoms with Crippen LogP contribution in [0.15, 0.2) is 30.3 Å². The van der Waals surface area contributed by atoms with E-state index in [4.69, 9.17) is 5.73 Å². The normalized spacial score (nSPS) is 30.4. The predicted molar refractivity (Wildman–Crippen MR) is 60.6 cm³/mol. The molecule has 0 bridgehead atoms. The van der Waals surface area contributed by atoms with Gasteiger partial charge in [-0.1, -0.05) is 30.3 Å². The van der Waals surface area contributed by atoms with E-state index in [2.05, 4.69) is 12.1 Å². The van der Waals surface area contributed by atoms with Crippen molar-refractivity contribution in [2.24, 2.45) is 5.73 Å². The van der Waals surface area contributed by atoms with E-state index >= 15 is 0 Å². The Bertz CT molecular complexity index is 360.